The van der Waals surface area contributed by atoms with Gasteiger partial charge >= 0.3 is 12.1 Å². The van der Waals surface area contributed by atoms with Crippen molar-refractivity contribution in [2.75, 3.05) is 20.7 Å². The third kappa shape index (κ3) is 7.89. The molecule has 0 atom stereocenters. The molecule has 3 aromatic rings. The summed E-state index contributed by atoms with van der Waals surface area (Å²) in [6.07, 6.45) is -0.685. The van der Waals surface area contributed by atoms with E-state index in [0.717, 1.165) is 12.1 Å². The van der Waals surface area contributed by atoms with Gasteiger partial charge < -0.3 is 15.4 Å². The Morgan fingerprint density at radius 1 is 0.842 bits per heavy atom. The molecule has 38 heavy (non-hydrogen) atoms. The SMILES string of the molecule is CC(C)(C)OC(=O)Nc1ccc(NS(=O)(=O)c2cc(NC(=O)Nc3ccc([N+](=O)[O-])cc3)ccc2F)cc1. The van der Waals surface area contributed by atoms with Gasteiger partial charge in [-0.15, -0.1) is 0 Å². The maximum Gasteiger partial charge on any atom is 0.412 e. The Hall–Kier alpha value is -4.72. The molecule has 0 radical (unpaired) electrons. The Morgan fingerprint density at radius 3 is 1.92 bits per heavy atom. The number of nitro benzene ring substituents is 1. The highest BCUT2D eigenvalue weighted by molar-refractivity contribution is 7.92. The van der Waals surface area contributed by atoms with Crippen molar-refractivity contribution in [2.24, 2.45) is 0 Å². The topological polar surface area (TPSA) is 169 Å². The van der Waals surface area contributed by atoms with Crippen LogP contribution in [0.3, 0.4) is 0 Å². The van der Waals surface area contributed by atoms with E-state index in [4.69, 9.17) is 4.74 Å². The van der Waals surface area contributed by atoms with Crippen LogP contribution in [0.1, 0.15) is 20.8 Å². The summed E-state index contributed by atoms with van der Waals surface area (Å²) >= 11 is 0. The van der Waals surface area contributed by atoms with Crippen molar-refractivity contribution in [1.82, 2.24) is 0 Å². The summed E-state index contributed by atoms with van der Waals surface area (Å²) in [5.41, 5.74) is -0.200. The fraction of sp³-hybridized carbons (Fsp3) is 0.167. The lowest BCUT2D eigenvalue weighted by molar-refractivity contribution is -0.384. The molecule has 0 saturated heterocycles. The molecule has 0 unspecified atom stereocenters. The molecule has 0 bridgehead atoms. The van der Waals surface area contributed by atoms with Crippen molar-refractivity contribution in [3.8, 4) is 0 Å². The molecular weight excluding hydrogens is 521 g/mol. The first-order valence-corrected chi connectivity index (χ1v) is 12.4. The number of hydrogen-bond donors (Lipinski definition) is 4. The lowest BCUT2D eigenvalue weighted by Gasteiger charge is -2.19. The molecule has 12 nitrogen and oxygen atoms in total. The second-order valence-electron chi connectivity index (χ2n) is 8.84. The smallest absolute Gasteiger partial charge is 0.412 e. The zero-order valence-electron chi connectivity index (χ0n) is 20.4. The minimum Gasteiger partial charge on any atom is -0.444 e. The fourth-order valence-electron chi connectivity index (χ4n) is 3.00. The largest absolute Gasteiger partial charge is 0.444 e. The average Bonchev–Trinajstić information content (AvgIpc) is 2.80. The second kappa shape index (κ2) is 11.1. The number of rotatable bonds is 7. The van der Waals surface area contributed by atoms with Gasteiger partial charge in [0.2, 0.25) is 0 Å². The lowest BCUT2D eigenvalue weighted by atomic mass is 10.2. The van der Waals surface area contributed by atoms with E-state index in [1.807, 2.05) is 0 Å². The second-order valence-corrected chi connectivity index (χ2v) is 10.5. The molecule has 0 aliphatic carbocycles. The van der Waals surface area contributed by atoms with Gasteiger partial charge in [0.05, 0.1) is 4.92 Å². The first-order valence-electron chi connectivity index (χ1n) is 11.0. The zero-order valence-corrected chi connectivity index (χ0v) is 21.3. The Labute approximate surface area is 217 Å². The summed E-state index contributed by atoms with van der Waals surface area (Å²) in [7, 11) is -4.41. The quantitative estimate of drug-likeness (QED) is 0.224. The van der Waals surface area contributed by atoms with Gasteiger partial charge in [-0.3, -0.25) is 20.2 Å². The monoisotopic (exact) mass is 545 g/mol. The van der Waals surface area contributed by atoms with Crippen LogP contribution in [-0.4, -0.2) is 31.1 Å². The van der Waals surface area contributed by atoms with Crippen molar-refractivity contribution < 1.29 is 32.1 Å². The van der Waals surface area contributed by atoms with E-state index in [0.29, 0.717) is 5.69 Å². The molecular formula is C24H24FN5O7S. The van der Waals surface area contributed by atoms with Crippen LogP contribution in [0.25, 0.3) is 0 Å². The van der Waals surface area contributed by atoms with Gasteiger partial charge in [-0.05, 0) is 75.4 Å². The van der Waals surface area contributed by atoms with Gasteiger partial charge in [0.1, 0.15) is 16.3 Å². The normalized spacial score (nSPS) is 11.3. The van der Waals surface area contributed by atoms with Crippen molar-refractivity contribution in [2.45, 2.75) is 31.3 Å². The standard InChI is InChI=1S/C24H24FN5O7S/c1-24(2,3)37-23(32)28-16-4-6-17(7-5-16)29-38(35,36)21-14-18(10-13-20(21)25)27-22(31)26-15-8-11-19(12-9-15)30(33)34/h4-14,29H,1-3H3,(H,28,32)(H2,26,27,31). The predicted molar refractivity (Wildman–Crippen MR) is 139 cm³/mol. The molecule has 0 aromatic heterocycles. The number of halogens is 1. The van der Waals surface area contributed by atoms with E-state index in [-0.39, 0.29) is 22.7 Å². The van der Waals surface area contributed by atoms with Gasteiger partial charge in [0.15, 0.2) is 0 Å². The third-order valence-corrected chi connectivity index (χ3v) is 5.99. The highest BCUT2D eigenvalue weighted by atomic mass is 32.2. The number of anilines is 4. The summed E-state index contributed by atoms with van der Waals surface area (Å²) in [4.78, 5) is 33.6. The molecule has 4 N–H and O–H groups in total. The summed E-state index contributed by atoms with van der Waals surface area (Å²) in [6.45, 7) is 5.12. The third-order valence-electron chi connectivity index (χ3n) is 4.60. The van der Waals surface area contributed by atoms with Crippen molar-refractivity contribution >= 4 is 50.6 Å². The summed E-state index contributed by atoms with van der Waals surface area (Å²) < 4.78 is 47.5. The lowest BCUT2D eigenvalue weighted by Crippen LogP contribution is -2.27. The molecule has 3 amide bonds. The number of nitrogens with zero attached hydrogens (tertiary/aromatic N) is 1. The van der Waals surface area contributed by atoms with Gasteiger partial charge in [-0.25, -0.2) is 22.4 Å². The molecule has 0 saturated carbocycles. The molecule has 3 rings (SSSR count). The number of carbonyl (C=O) groups is 2. The number of sulfonamides is 1. The maximum atomic E-state index is 14.4. The minimum atomic E-state index is -4.41. The molecule has 0 aliphatic rings. The van der Waals surface area contributed by atoms with Crippen LogP contribution < -0.4 is 20.7 Å². The Morgan fingerprint density at radius 2 is 1.34 bits per heavy atom. The first-order chi connectivity index (χ1) is 17.7. The number of amides is 3. The number of hydrogen-bond acceptors (Lipinski definition) is 7. The Balaban J connectivity index is 1.67. The summed E-state index contributed by atoms with van der Waals surface area (Å²) in [6, 6.07) is 12.8. The molecule has 14 heteroatoms. The van der Waals surface area contributed by atoms with E-state index >= 15 is 0 Å². The molecule has 0 fully saturated rings. The fourth-order valence-corrected chi connectivity index (χ4v) is 4.16. The number of ether oxygens (including phenoxy) is 1. The summed E-state index contributed by atoms with van der Waals surface area (Å²) in [5, 5.41) is 18.0. The molecule has 0 spiro atoms. The number of non-ortho nitro benzene ring substituents is 1. The molecule has 0 aliphatic heterocycles. The van der Waals surface area contributed by atoms with Crippen LogP contribution in [0.2, 0.25) is 0 Å². The number of benzene rings is 3. The van der Waals surface area contributed by atoms with Crippen molar-refractivity contribution in [3.63, 3.8) is 0 Å². The van der Waals surface area contributed by atoms with E-state index in [2.05, 4.69) is 20.7 Å². The van der Waals surface area contributed by atoms with E-state index in [1.165, 1.54) is 54.6 Å². The van der Waals surface area contributed by atoms with Gasteiger partial charge in [0, 0.05) is 34.9 Å². The van der Waals surface area contributed by atoms with Crippen molar-refractivity contribution in [3.05, 3.63) is 82.7 Å². The first kappa shape index (κ1) is 27.9. The van der Waals surface area contributed by atoms with Crippen molar-refractivity contribution in [1.29, 1.82) is 0 Å². The Kier molecular flexibility index (Phi) is 8.16. The van der Waals surface area contributed by atoms with Crippen LogP contribution >= 0.6 is 0 Å². The van der Waals surface area contributed by atoms with E-state index in [1.54, 1.807) is 20.8 Å². The number of urea groups is 1. The number of nitro groups is 1. The van der Waals surface area contributed by atoms with E-state index < -0.39 is 43.4 Å². The Bertz CT molecular complexity index is 1450. The predicted octanol–water partition coefficient (Wildman–Crippen LogP) is 5.53. The highest BCUT2D eigenvalue weighted by Gasteiger charge is 2.21. The van der Waals surface area contributed by atoms with Crippen LogP contribution in [0.4, 0.5) is 42.4 Å². The average molecular weight is 546 g/mol. The molecule has 200 valence electrons. The summed E-state index contributed by atoms with van der Waals surface area (Å²) in [5.74, 6) is -1.05. The maximum absolute atomic E-state index is 14.4. The molecule has 3 aromatic carbocycles. The van der Waals surface area contributed by atoms with Crippen LogP contribution in [0.15, 0.2) is 71.6 Å². The van der Waals surface area contributed by atoms with Gasteiger partial charge in [0.25, 0.3) is 15.7 Å². The minimum absolute atomic E-state index is 0.0249. The highest BCUT2D eigenvalue weighted by Crippen LogP contribution is 2.24. The van der Waals surface area contributed by atoms with Crippen LogP contribution in [-0.2, 0) is 14.8 Å². The van der Waals surface area contributed by atoms with E-state index in [9.17, 15) is 32.5 Å². The number of nitrogens with one attached hydrogen (secondary N) is 4. The van der Waals surface area contributed by atoms with Crippen LogP contribution in [0, 0.1) is 15.9 Å². The van der Waals surface area contributed by atoms with Crippen LogP contribution in [0.5, 0.6) is 0 Å². The number of carbonyl (C=O) groups excluding carboxylic acids is 2. The zero-order chi connectivity index (χ0) is 28.1. The van der Waals surface area contributed by atoms with Gasteiger partial charge in [-0.1, -0.05) is 0 Å². The molecule has 0 heterocycles. The van der Waals surface area contributed by atoms with Gasteiger partial charge in [-0.2, -0.15) is 0 Å².